The molecule has 15 heavy (non-hydrogen) atoms. The number of nitrogens with one attached hydrogen (secondary N) is 1. The molecule has 0 aliphatic heterocycles. The molecule has 0 aromatic heterocycles. The van der Waals surface area contributed by atoms with Crippen LogP contribution in [0.3, 0.4) is 0 Å². The van der Waals surface area contributed by atoms with Crippen LogP contribution in [0.15, 0.2) is 0 Å². The summed E-state index contributed by atoms with van der Waals surface area (Å²) in [5.74, 6) is -0.632. The molecule has 1 fully saturated rings. The van der Waals surface area contributed by atoms with E-state index in [-0.39, 0.29) is 5.91 Å². The van der Waals surface area contributed by atoms with Crippen LogP contribution < -0.4 is 11.1 Å². The average Bonchev–Trinajstić information content (AvgIpc) is 2.91. The van der Waals surface area contributed by atoms with Gasteiger partial charge in [0.05, 0.1) is 5.54 Å². The monoisotopic (exact) mass is 232 g/mol. The fraction of sp³-hybridized carbons (Fsp3) is 0.778. The molecular formula is C9H16N2O3S. The molecule has 1 saturated carbocycles. The second-order valence-electron chi connectivity index (χ2n) is 3.80. The summed E-state index contributed by atoms with van der Waals surface area (Å²) in [5.41, 5.74) is 4.86. The molecule has 0 aromatic rings. The smallest absolute Gasteiger partial charge is 0.326 e. The molecule has 0 radical (unpaired) electrons. The average molecular weight is 232 g/mol. The molecule has 5 nitrogen and oxygen atoms in total. The second kappa shape index (κ2) is 4.85. The van der Waals surface area contributed by atoms with E-state index in [1.807, 2.05) is 6.26 Å². The van der Waals surface area contributed by atoms with Crippen molar-refractivity contribution >= 4 is 23.6 Å². The number of thioether (sulfide) groups is 1. The molecule has 86 valence electrons. The Morgan fingerprint density at radius 3 is 2.60 bits per heavy atom. The molecule has 6 heteroatoms. The fourth-order valence-corrected chi connectivity index (χ4v) is 1.63. The lowest BCUT2D eigenvalue weighted by molar-refractivity contribution is -0.142. The van der Waals surface area contributed by atoms with Crippen LogP contribution in [0.4, 0.5) is 0 Å². The van der Waals surface area contributed by atoms with Crippen molar-refractivity contribution in [3.63, 3.8) is 0 Å². The van der Waals surface area contributed by atoms with Crippen LogP contribution in [0.1, 0.15) is 19.3 Å². The van der Waals surface area contributed by atoms with Crippen molar-refractivity contribution in [1.82, 2.24) is 5.32 Å². The van der Waals surface area contributed by atoms with Crippen molar-refractivity contribution in [3.8, 4) is 0 Å². The van der Waals surface area contributed by atoms with E-state index < -0.39 is 17.6 Å². The summed E-state index contributed by atoms with van der Waals surface area (Å²) in [6.45, 7) is 0. The Morgan fingerprint density at radius 1 is 1.60 bits per heavy atom. The van der Waals surface area contributed by atoms with Gasteiger partial charge < -0.3 is 16.2 Å². The van der Waals surface area contributed by atoms with E-state index in [9.17, 15) is 9.59 Å². The van der Waals surface area contributed by atoms with Gasteiger partial charge in [-0.1, -0.05) is 0 Å². The number of carbonyl (C=O) groups excluding carboxylic acids is 1. The maximum atomic E-state index is 11.5. The molecule has 1 atom stereocenters. The molecule has 0 bridgehead atoms. The Labute approximate surface area is 92.8 Å². The van der Waals surface area contributed by atoms with Gasteiger partial charge in [0.2, 0.25) is 5.91 Å². The largest absolute Gasteiger partial charge is 0.480 e. The summed E-state index contributed by atoms with van der Waals surface area (Å²) in [6.07, 6.45) is 3.62. The third-order valence-corrected chi connectivity index (χ3v) is 3.10. The number of nitrogens with two attached hydrogens (primary N) is 1. The van der Waals surface area contributed by atoms with E-state index in [2.05, 4.69) is 5.32 Å². The number of rotatable bonds is 6. The highest BCUT2D eigenvalue weighted by Gasteiger charge is 2.46. The molecule has 1 rings (SSSR count). The van der Waals surface area contributed by atoms with Crippen LogP contribution in [0.2, 0.25) is 0 Å². The van der Waals surface area contributed by atoms with Gasteiger partial charge >= 0.3 is 5.97 Å². The van der Waals surface area contributed by atoms with Gasteiger partial charge in [-0.25, -0.2) is 4.79 Å². The van der Waals surface area contributed by atoms with Crippen molar-refractivity contribution < 1.29 is 14.7 Å². The number of amides is 1. The first-order valence-corrected chi connectivity index (χ1v) is 6.20. The molecule has 0 spiro atoms. The van der Waals surface area contributed by atoms with Crippen LogP contribution in [-0.4, -0.2) is 40.6 Å². The Morgan fingerprint density at radius 2 is 2.20 bits per heavy atom. The molecule has 1 amide bonds. The van der Waals surface area contributed by atoms with Crippen molar-refractivity contribution in [2.24, 2.45) is 5.73 Å². The number of carboxylic acid groups (broad SMARTS) is 1. The van der Waals surface area contributed by atoms with Crippen LogP contribution in [0.25, 0.3) is 0 Å². The molecule has 0 saturated heterocycles. The van der Waals surface area contributed by atoms with Crippen molar-refractivity contribution in [2.75, 3.05) is 12.0 Å². The van der Waals surface area contributed by atoms with E-state index in [4.69, 9.17) is 10.8 Å². The predicted octanol–water partition coefficient (Wildman–Crippen LogP) is -0.200. The van der Waals surface area contributed by atoms with Gasteiger partial charge in [-0.2, -0.15) is 11.8 Å². The lowest BCUT2D eigenvalue weighted by atomic mass is 10.2. The molecule has 4 N–H and O–H groups in total. The Balaban J connectivity index is 2.43. The molecule has 0 aromatic carbocycles. The minimum Gasteiger partial charge on any atom is -0.480 e. The highest BCUT2D eigenvalue weighted by molar-refractivity contribution is 7.98. The van der Waals surface area contributed by atoms with Gasteiger partial charge in [-0.3, -0.25) is 4.79 Å². The number of aliphatic carboxylic acids is 1. The van der Waals surface area contributed by atoms with Crippen LogP contribution in [0, 0.1) is 0 Å². The van der Waals surface area contributed by atoms with Crippen LogP contribution in [-0.2, 0) is 9.59 Å². The first kappa shape index (κ1) is 12.3. The normalized spacial score (nSPS) is 19.3. The SMILES string of the molecule is CSCC[C@@H](NC(=O)C1(N)CC1)C(=O)O. The Kier molecular flexibility index (Phi) is 3.98. The first-order chi connectivity index (χ1) is 6.99. The van der Waals surface area contributed by atoms with Gasteiger partial charge in [-0.05, 0) is 31.3 Å². The summed E-state index contributed by atoms with van der Waals surface area (Å²) in [5, 5.41) is 11.3. The van der Waals surface area contributed by atoms with Crippen molar-refractivity contribution in [2.45, 2.75) is 30.8 Å². The van der Waals surface area contributed by atoms with Crippen LogP contribution in [0.5, 0.6) is 0 Å². The zero-order valence-electron chi connectivity index (χ0n) is 8.66. The minimum atomic E-state index is -0.998. The topological polar surface area (TPSA) is 92.4 Å². The van der Waals surface area contributed by atoms with Gasteiger partial charge in [0, 0.05) is 0 Å². The number of hydrogen-bond acceptors (Lipinski definition) is 4. The van der Waals surface area contributed by atoms with E-state index in [1.54, 1.807) is 11.8 Å². The first-order valence-electron chi connectivity index (χ1n) is 4.81. The third kappa shape index (κ3) is 3.39. The van der Waals surface area contributed by atoms with E-state index in [0.717, 1.165) is 0 Å². The molecular weight excluding hydrogens is 216 g/mol. The Bertz CT molecular complexity index is 266. The van der Waals surface area contributed by atoms with Gasteiger partial charge in [0.1, 0.15) is 6.04 Å². The van der Waals surface area contributed by atoms with Crippen molar-refractivity contribution in [3.05, 3.63) is 0 Å². The zero-order chi connectivity index (χ0) is 11.5. The zero-order valence-corrected chi connectivity index (χ0v) is 9.47. The minimum absolute atomic E-state index is 0.337. The third-order valence-electron chi connectivity index (χ3n) is 2.45. The summed E-state index contributed by atoms with van der Waals surface area (Å²) in [4.78, 5) is 22.3. The van der Waals surface area contributed by atoms with Crippen LogP contribution >= 0.6 is 11.8 Å². The maximum Gasteiger partial charge on any atom is 0.326 e. The summed E-state index contributed by atoms with van der Waals surface area (Å²) in [6, 6.07) is -0.814. The summed E-state index contributed by atoms with van der Waals surface area (Å²) >= 11 is 1.55. The quantitative estimate of drug-likeness (QED) is 0.590. The molecule has 0 unspecified atom stereocenters. The van der Waals surface area contributed by atoms with E-state index in [0.29, 0.717) is 25.0 Å². The van der Waals surface area contributed by atoms with E-state index in [1.165, 1.54) is 0 Å². The number of carboxylic acids is 1. The second-order valence-corrected chi connectivity index (χ2v) is 4.79. The number of hydrogen-bond donors (Lipinski definition) is 3. The molecule has 1 aliphatic carbocycles. The van der Waals surface area contributed by atoms with Gasteiger partial charge in [-0.15, -0.1) is 0 Å². The van der Waals surface area contributed by atoms with Gasteiger partial charge in [0.15, 0.2) is 0 Å². The lowest BCUT2D eigenvalue weighted by Crippen LogP contribution is -2.50. The fourth-order valence-electron chi connectivity index (χ4n) is 1.16. The van der Waals surface area contributed by atoms with E-state index >= 15 is 0 Å². The predicted molar refractivity (Wildman–Crippen MR) is 58.7 cm³/mol. The molecule has 0 heterocycles. The van der Waals surface area contributed by atoms with Crippen molar-refractivity contribution in [1.29, 1.82) is 0 Å². The highest BCUT2D eigenvalue weighted by atomic mass is 32.2. The van der Waals surface area contributed by atoms with Gasteiger partial charge in [0.25, 0.3) is 0 Å². The molecule has 1 aliphatic rings. The Hall–Kier alpha value is -0.750. The number of carbonyl (C=O) groups is 2. The summed E-state index contributed by atoms with van der Waals surface area (Å²) < 4.78 is 0. The highest BCUT2D eigenvalue weighted by Crippen LogP contribution is 2.32. The standard InChI is InChI=1S/C9H16N2O3S/c1-15-5-2-6(7(12)13)11-8(14)9(10)3-4-9/h6H,2-5,10H2,1H3,(H,11,14)(H,12,13)/t6-/m1/s1. The maximum absolute atomic E-state index is 11.5. The summed E-state index contributed by atoms with van der Waals surface area (Å²) in [7, 11) is 0. The lowest BCUT2D eigenvalue weighted by Gasteiger charge is -2.16.